The van der Waals surface area contributed by atoms with Crippen LogP contribution < -0.4 is 0 Å². The minimum Gasteiger partial charge on any atom is -0.349 e. The molecule has 0 amide bonds. The normalized spacial score (nSPS) is 10.7. The number of aromatic nitrogens is 1. The van der Waals surface area contributed by atoms with Crippen molar-refractivity contribution in [2.24, 2.45) is 12.0 Å². The van der Waals surface area contributed by atoms with Crippen LogP contribution in [0.25, 0.3) is 6.08 Å². The van der Waals surface area contributed by atoms with E-state index in [0.717, 1.165) is 11.4 Å². The molecular weight excluding hydrogens is 136 g/mol. The Balaban J connectivity index is 3.17. The summed E-state index contributed by atoms with van der Waals surface area (Å²) in [6.45, 7) is 5.48. The smallest absolute Gasteiger partial charge is 0.0873 e. The molecule has 0 saturated heterocycles. The van der Waals surface area contributed by atoms with Gasteiger partial charge in [-0.05, 0) is 25.8 Å². The highest BCUT2D eigenvalue weighted by atomic mass is 15.0. The van der Waals surface area contributed by atoms with Crippen molar-refractivity contribution in [2.45, 2.75) is 6.92 Å². The molecule has 0 spiro atoms. The Labute approximate surface area is 66.9 Å². The van der Waals surface area contributed by atoms with E-state index in [-0.39, 0.29) is 0 Å². The van der Waals surface area contributed by atoms with Crippen LogP contribution in [0, 0.1) is 0 Å². The van der Waals surface area contributed by atoms with Crippen molar-refractivity contribution in [3.8, 4) is 0 Å². The zero-order valence-electron chi connectivity index (χ0n) is 6.91. The van der Waals surface area contributed by atoms with Gasteiger partial charge in [-0.15, -0.1) is 0 Å². The van der Waals surface area contributed by atoms with Gasteiger partial charge in [0.15, 0.2) is 0 Å². The van der Waals surface area contributed by atoms with Gasteiger partial charge in [0.2, 0.25) is 0 Å². The van der Waals surface area contributed by atoms with Gasteiger partial charge < -0.3 is 4.57 Å². The van der Waals surface area contributed by atoms with Gasteiger partial charge in [-0.2, -0.15) is 0 Å². The van der Waals surface area contributed by atoms with Gasteiger partial charge in [0.1, 0.15) is 0 Å². The molecule has 1 aromatic rings. The third-order valence-electron chi connectivity index (χ3n) is 1.59. The summed E-state index contributed by atoms with van der Waals surface area (Å²) in [5.41, 5.74) is 2.04. The van der Waals surface area contributed by atoms with Crippen LogP contribution in [0.1, 0.15) is 12.6 Å². The first-order valence-electron chi connectivity index (χ1n) is 3.54. The largest absolute Gasteiger partial charge is 0.349 e. The lowest BCUT2D eigenvalue weighted by atomic mass is 10.3. The number of rotatable bonds is 2. The highest BCUT2D eigenvalue weighted by molar-refractivity contribution is 5.63. The van der Waals surface area contributed by atoms with Crippen LogP contribution in [-0.4, -0.2) is 11.3 Å². The summed E-state index contributed by atoms with van der Waals surface area (Å²) in [5, 5.41) is 0. The summed E-state index contributed by atoms with van der Waals surface area (Å²) in [6, 6.07) is 1.95. The van der Waals surface area contributed by atoms with Crippen molar-refractivity contribution in [1.82, 2.24) is 4.57 Å². The maximum Gasteiger partial charge on any atom is 0.0873 e. The van der Waals surface area contributed by atoms with Crippen LogP contribution >= 0.6 is 0 Å². The lowest BCUT2D eigenvalue weighted by Gasteiger charge is -1.96. The van der Waals surface area contributed by atoms with Crippen LogP contribution in [0.15, 0.2) is 23.3 Å². The summed E-state index contributed by atoms with van der Waals surface area (Å²) in [7, 11) is 1.99. The molecule has 0 N–H and O–H groups in total. The zero-order valence-corrected chi connectivity index (χ0v) is 6.91. The van der Waals surface area contributed by atoms with Crippen molar-refractivity contribution < 1.29 is 0 Å². The molecule has 0 aromatic carbocycles. The van der Waals surface area contributed by atoms with Gasteiger partial charge >= 0.3 is 0 Å². The molecule has 0 saturated carbocycles. The van der Waals surface area contributed by atoms with Crippen molar-refractivity contribution >= 4 is 18.5 Å². The Bertz CT molecular complexity index is 282. The second-order valence-corrected chi connectivity index (χ2v) is 2.36. The Kier molecular flexibility index (Phi) is 2.26. The van der Waals surface area contributed by atoms with Crippen LogP contribution in [0.5, 0.6) is 0 Å². The maximum absolute atomic E-state index is 3.89. The molecule has 0 fully saturated rings. The second-order valence-electron chi connectivity index (χ2n) is 2.36. The van der Waals surface area contributed by atoms with Crippen molar-refractivity contribution in [3.05, 3.63) is 24.0 Å². The standard InChI is InChI=1S/C9H12N2/c1-4-5-9-8(10-2)6-7-11(9)3/h4-7H,2H2,1,3H3/b5-4-. The molecule has 0 aliphatic heterocycles. The quantitative estimate of drug-likeness (QED) is 0.573. The average molecular weight is 148 g/mol. The van der Waals surface area contributed by atoms with Crippen molar-refractivity contribution in [1.29, 1.82) is 0 Å². The van der Waals surface area contributed by atoms with E-state index in [1.54, 1.807) is 0 Å². The predicted molar refractivity (Wildman–Crippen MR) is 49.3 cm³/mol. The third kappa shape index (κ3) is 1.40. The molecule has 2 heteroatoms. The van der Waals surface area contributed by atoms with Crippen molar-refractivity contribution in [3.63, 3.8) is 0 Å². The summed E-state index contributed by atoms with van der Waals surface area (Å²) < 4.78 is 2.02. The molecule has 0 aliphatic carbocycles. The van der Waals surface area contributed by atoms with Gasteiger partial charge in [-0.3, -0.25) is 4.99 Å². The molecule has 2 nitrogen and oxygen atoms in total. The molecule has 1 aromatic heterocycles. The molecular formula is C9H12N2. The predicted octanol–water partition coefficient (Wildman–Crippen LogP) is 2.39. The number of hydrogen-bond acceptors (Lipinski definition) is 1. The number of allylic oxidation sites excluding steroid dienone is 1. The van der Waals surface area contributed by atoms with Crippen LogP contribution in [0.4, 0.5) is 5.69 Å². The molecule has 0 atom stereocenters. The number of aryl methyl sites for hydroxylation is 1. The molecule has 1 rings (SSSR count). The van der Waals surface area contributed by atoms with Gasteiger partial charge in [0, 0.05) is 13.2 Å². The Hall–Kier alpha value is -1.31. The van der Waals surface area contributed by atoms with Gasteiger partial charge in [0.25, 0.3) is 0 Å². The van der Waals surface area contributed by atoms with E-state index in [9.17, 15) is 0 Å². The highest BCUT2D eigenvalue weighted by Gasteiger charge is 1.99. The molecule has 11 heavy (non-hydrogen) atoms. The van der Waals surface area contributed by atoms with E-state index in [0.29, 0.717) is 0 Å². The average Bonchev–Trinajstić information content (AvgIpc) is 2.34. The zero-order chi connectivity index (χ0) is 8.27. The molecule has 0 unspecified atom stereocenters. The molecule has 0 radical (unpaired) electrons. The first kappa shape index (κ1) is 7.79. The minimum atomic E-state index is 0.936. The summed E-state index contributed by atoms with van der Waals surface area (Å²) in [5.74, 6) is 0. The summed E-state index contributed by atoms with van der Waals surface area (Å²) in [4.78, 5) is 3.89. The Morgan fingerprint density at radius 3 is 2.91 bits per heavy atom. The lowest BCUT2D eigenvalue weighted by molar-refractivity contribution is 0.915. The van der Waals surface area contributed by atoms with E-state index in [1.807, 2.05) is 43.0 Å². The van der Waals surface area contributed by atoms with Crippen LogP contribution in [0.2, 0.25) is 0 Å². The molecule has 1 heterocycles. The van der Waals surface area contributed by atoms with E-state index >= 15 is 0 Å². The number of aliphatic imine (C=N–C) groups is 1. The van der Waals surface area contributed by atoms with Gasteiger partial charge in [-0.25, -0.2) is 0 Å². The first-order valence-corrected chi connectivity index (χ1v) is 3.54. The van der Waals surface area contributed by atoms with Crippen LogP contribution in [-0.2, 0) is 7.05 Å². The second kappa shape index (κ2) is 3.19. The SMILES string of the molecule is C=Nc1ccn(C)c1/C=C\C. The van der Waals surface area contributed by atoms with Crippen molar-refractivity contribution in [2.75, 3.05) is 0 Å². The Morgan fingerprint density at radius 1 is 1.64 bits per heavy atom. The lowest BCUT2D eigenvalue weighted by Crippen LogP contribution is -1.86. The first-order chi connectivity index (χ1) is 5.29. The van der Waals surface area contributed by atoms with Gasteiger partial charge in [-0.1, -0.05) is 6.08 Å². The molecule has 0 aliphatic rings. The molecule has 0 bridgehead atoms. The third-order valence-corrected chi connectivity index (χ3v) is 1.59. The minimum absolute atomic E-state index is 0.936. The van der Waals surface area contributed by atoms with Gasteiger partial charge in [0.05, 0.1) is 11.4 Å². The molecule has 58 valence electrons. The monoisotopic (exact) mass is 148 g/mol. The fraction of sp³-hybridized carbons (Fsp3) is 0.222. The van der Waals surface area contributed by atoms with E-state index < -0.39 is 0 Å². The number of hydrogen-bond donors (Lipinski definition) is 0. The van der Waals surface area contributed by atoms with E-state index in [1.165, 1.54) is 0 Å². The fourth-order valence-corrected chi connectivity index (χ4v) is 1.02. The summed E-state index contributed by atoms with van der Waals surface area (Å²) >= 11 is 0. The van der Waals surface area contributed by atoms with E-state index in [2.05, 4.69) is 11.7 Å². The summed E-state index contributed by atoms with van der Waals surface area (Å²) in [6.07, 6.45) is 5.98. The maximum atomic E-state index is 3.89. The Morgan fingerprint density at radius 2 is 2.36 bits per heavy atom. The fourth-order valence-electron chi connectivity index (χ4n) is 1.02. The topological polar surface area (TPSA) is 17.3 Å². The van der Waals surface area contributed by atoms with Crippen LogP contribution in [0.3, 0.4) is 0 Å². The highest BCUT2D eigenvalue weighted by Crippen LogP contribution is 2.20. The van der Waals surface area contributed by atoms with E-state index in [4.69, 9.17) is 0 Å². The number of nitrogens with zero attached hydrogens (tertiary/aromatic N) is 2.